The number of hydrogen-bond donors (Lipinski definition) is 3. The van der Waals surface area contributed by atoms with Crippen LogP contribution in [-0.2, 0) is 18.4 Å². The summed E-state index contributed by atoms with van der Waals surface area (Å²) in [6.07, 6.45) is 45.4. The predicted octanol–water partition coefficient (Wildman–Crippen LogP) is 13.5. The smallest absolute Gasteiger partial charge is 0.391 e. The Hall–Kier alpha value is -0.760. The van der Waals surface area contributed by atoms with Gasteiger partial charge in [-0.25, -0.2) is 4.57 Å². The van der Waals surface area contributed by atoms with Crippen molar-refractivity contribution in [2.45, 2.75) is 244 Å². The molecular formula is C47H96N2O6P+. The van der Waals surface area contributed by atoms with E-state index >= 15 is 0 Å². The largest absolute Gasteiger partial charge is 0.472 e. The summed E-state index contributed by atoms with van der Waals surface area (Å²) < 4.78 is 23.6. The molecule has 0 radical (unpaired) electrons. The van der Waals surface area contributed by atoms with Gasteiger partial charge >= 0.3 is 7.82 Å². The zero-order chi connectivity index (χ0) is 41.4. The minimum Gasteiger partial charge on any atom is -0.391 e. The summed E-state index contributed by atoms with van der Waals surface area (Å²) in [4.78, 5) is 23.1. The number of rotatable bonds is 44. The zero-order valence-corrected chi connectivity index (χ0v) is 38.8. The van der Waals surface area contributed by atoms with Gasteiger partial charge in [0.05, 0.1) is 39.9 Å². The van der Waals surface area contributed by atoms with Gasteiger partial charge in [-0.05, 0) is 38.5 Å². The van der Waals surface area contributed by atoms with Crippen LogP contribution >= 0.6 is 7.82 Å². The van der Waals surface area contributed by atoms with Crippen LogP contribution in [0.4, 0.5) is 0 Å². The fourth-order valence-corrected chi connectivity index (χ4v) is 7.89. The van der Waals surface area contributed by atoms with E-state index in [-0.39, 0.29) is 19.1 Å². The van der Waals surface area contributed by atoms with Crippen molar-refractivity contribution in [3.63, 3.8) is 0 Å². The number of likely N-dealkylation sites (N-methyl/N-ethyl adjacent to an activating group) is 1. The molecule has 0 fully saturated rings. The first-order valence-corrected chi connectivity index (χ1v) is 25.5. The molecule has 56 heavy (non-hydrogen) atoms. The van der Waals surface area contributed by atoms with Crippen molar-refractivity contribution in [3.05, 3.63) is 12.2 Å². The first-order chi connectivity index (χ1) is 27.0. The third-order valence-electron chi connectivity index (χ3n) is 11.0. The van der Waals surface area contributed by atoms with Gasteiger partial charge in [-0.15, -0.1) is 0 Å². The molecular weight excluding hydrogens is 719 g/mol. The predicted molar refractivity (Wildman–Crippen MR) is 240 cm³/mol. The lowest BCUT2D eigenvalue weighted by atomic mass is 10.0. The van der Waals surface area contributed by atoms with Gasteiger partial charge in [0.2, 0.25) is 5.91 Å². The molecule has 3 unspecified atom stereocenters. The van der Waals surface area contributed by atoms with E-state index in [0.717, 1.165) is 38.5 Å². The average molecular weight is 816 g/mol. The van der Waals surface area contributed by atoms with Gasteiger partial charge < -0.3 is 19.8 Å². The molecule has 3 N–H and O–H groups in total. The topological polar surface area (TPSA) is 105 Å². The second kappa shape index (κ2) is 39.7. The van der Waals surface area contributed by atoms with Crippen LogP contribution in [0.5, 0.6) is 0 Å². The van der Waals surface area contributed by atoms with Crippen LogP contribution < -0.4 is 5.32 Å². The molecule has 9 heteroatoms. The number of nitrogens with zero attached hydrogens (tertiary/aromatic N) is 1. The van der Waals surface area contributed by atoms with E-state index in [1.54, 1.807) is 0 Å². The normalized spacial score (nSPS) is 14.3. The molecule has 0 aliphatic heterocycles. The Morgan fingerprint density at radius 2 is 0.964 bits per heavy atom. The third-order valence-corrected chi connectivity index (χ3v) is 12.0. The third kappa shape index (κ3) is 41.4. The fourth-order valence-electron chi connectivity index (χ4n) is 7.16. The Kier molecular flexibility index (Phi) is 39.1. The molecule has 0 bridgehead atoms. The standard InChI is InChI=1S/C47H95N2O6P/c1-6-8-10-12-14-16-17-18-19-20-21-22-23-24-25-26-27-28-29-30-31-33-35-37-39-41-47(51)48-45(44-55-56(52,53)54-43-42-49(3,4)5)46(50)40-38-36-34-32-15-13-11-9-7-2/h20-21,45-46,50H,6-19,22-44H2,1-5H3,(H-,48,51,52,53)/p+1/b21-20-. The number of carbonyl (C=O) groups is 1. The Bertz CT molecular complexity index is 927. The van der Waals surface area contributed by atoms with Gasteiger partial charge in [-0.1, -0.05) is 199 Å². The maximum Gasteiger partial charge on any atom is 0.472 e. The van der Waals surface area contributed by atoms with Gasteiger partial charge in [0.1, 0.15) is 13.2 Å². The van der Waals surface area contributed by atoms with Crippen LogP contribution in [0.15, 0.2) is 12.2 Å². The van der Waals surface area contributed by atoms with Crippen molar-refractivity contribution in [2.75, 3.05) is 40.9 Å². The number of quaternary nitrogens is 1. The molecule has 1 amide bonds. The Morgan fingerprint density at radius 3 is 1.38 bits per heavy atom. The first-order valence-electron chi connectivity index (χ1n) is 24.1. The summed E-state index contributed by atoms with van der Waals surface area (Å²) in [6, 6.07) is -0.754. The summed E-state index contributed by atoms with van der Waals surface area (Å²) in [5, 5.41) is 13.9. The number of carbonyl (C=O) groups excluding carboxylic acids is 1. The van der Waals surface area contributed by atoms with Crippen molar-refractivity contribution >= 4 is 13.7 Å². The molecule has 0 aliphatic carbocycles. The van der Waals surface area contributed by atoms with Gasteiger partial charge in [0.15, 0.2) is 0 Å². The molecule has 0 aliphatic rings. The quantitative estimate of drug-likeness (QED) is 0.0245. The Labute approximate surface area is 348 Å². The highest BCUT2D eigenvalue weighted by atomic mass is 31.2. The van der Waals surface area contributed by atoms with Crippen molar-refractivity contribution in [1.82, 2.24) is 5.32 Å². The molecule has 0 spiro atoms. The van der Waals surface area contributed by atoms with Crippen molar-refractivity contribution in [3.8, 4) is 0 Å². The zero-order valence-electron chi connectivity index (χ0n) is 37.9. The second-order valence-corrected chi connectivity index (χ2v) is 19.3. The van der Waals surface area contributed by atoms with E-state index in [1.165, 1.54) is 167 Å². The molecule has 0 aromatic rings. The van der Waals surface area contributed by atoms with Crippen LogP contribution in [0.1, 0.15) is 232 Å². The lowest BCUT2D eigenvalue weighted by Gasteiger charge is -2.26. The molecule has 0 aromatic carbocycles. The van der Waals surface area contributed by atoms with E-state index in [4.69, 9.17) is 9.05 Å². The first kappa shape index (κ1) is 55.2. The number of amides is 1. The van der Waals surface area contributed by atoms with Gasteiger partial charge in [-0.2, -0.15) is 0 Å². The highest BCUT2D eigenvalue weighted by Crippen LogP contribution is 2.43. The molecule has 0 saturated heterocycles. The van der Waals surface area contributed by atoms with E-state index in [0.29, 0.717) is 23.9 Å². The van der Waals surface area contributed by atoms with Gasteiger partial charge in [0.25, 0.3) is 0 Å². The molecule has 334 valence electrons. The molecule has 0 aromatic heterocycles. The number of phosphoric acid groups is 1. The maximum absolute atomic E-state index is 12.9. The van der Waals surface area contributed by atoms with Crippen molar-refractivity contribution < 1.29 is 32.9 Å². The van der Waals surface area contributed by atoms with Crippen LogP contribution in [0.25, 0.3) is 0 Å². The number of unbranched alkanes of at least 4 members (excludes halogenated alkanes) is 29. The fraction of sp³-hybridized carbons (Fsp3) is 0.936. The summed E-state index contributed by atoms with van der Waals surface area (Å²) in [6.45, 7) is 4.88. The maximum atomic E-state index is 12.9. The number of phosphoric ester groups is 1. The monoisotopic (exact) mass is 816 g/mol. The van der Waals surface area contributed by atoms with Gasteiger partial charge in [-0.3, -0.25) is 13.8 Å². The number of hydrogen-bond acceptors (Lipinski definition) is 5. The summed E-state index contributed by atoms with van der Waals surface area (Å²) in [5.41, 5.74) is 0. The Morgan fingerprint density at radius 1 is 0.589 bits per heavy atom. The van der Waals surface area contributed by atoms with Crippen molar-refractivity contribution in [2.24, 2.45) is 0 Å². The molecule has 0 saturated carbocycles. The molecule has 0 rings (SSSR count). The highest BCUT2D eigenvalue weighted by molar-refractivity contribution is 7.47. The van der Waals surface area contributed by atoms with Gasteiger partial charge in [0, 0.05) is 6.42 Å². The van der Waals surface area contributed by atoms with Crippen LogP contribution in [0, 0.1) is 0 Å². The highest BCUT2D eigenvalue weighted by Gasteiger charge is 2.28. The van der Waals surface area contributed by atoms with Crippen LogP contribution in [0.3, 0.4) is 0 Å². The van der Waals surface area contributed by atoms with Crippen LogP contribution in [-0.4, -0.2) is 73.4 Å². The second-order valence-electron chi connectivity index (χ2n) is 17.8. The summed E-state index contributed by atoms with van der Waals surface area (Å²) in [7, 11) is 1.62. The van der Waals surface area contributed by atoms with E-state index in [1.807, 2.05) is 21.1 Å². The molecule has 3 atom stereocenters. The SMILES string of the molecule is CCCCCCCCCC/C=C\CCCCCCCCCCCCCCCC(=O)NC(COP(=O)(O)OCC[N+](C)(C)C)C(O)CCCCCCCCCCC. The number of aliphatic hydroxyl groups is 1. The van der Waals surface area contributed by atoms with Crippen LogP contribution in [0.2, 0.25) is 0 Å². The number of allylic oxidation sites excluding steroid dienone is 2. The van der Waals surface area contributed by atoms with E-state index in [2.05, 4.69) is 31.3 Å². The van der Waals surface area contributed by atoms with E-state index in [9.17, 15) is 19.4 Å². The van der Waals surface area contributed by atoms with E-state index < -0.39 is 20.0 Å². The Balaban J connectivity index is 4.07. The minimum absolute atomic E-state index is 0.0766. The summed E-state index contributed by atoms with van der Waals surface area (Å²) in [5.74, 6) is -0.144. The number of nitrogens with one attached hydrogen (secondary N) is 1. The molecule has 8 nitrogen and oxygen atoms in total. The average Bonchev–Trinajstić information content (AvgIpc) is 3.15. The summed E-state index contributed by atoms with van der Waals surface area (Å²) >= 11 is 0. The van der Waals surface area contributed by atoms with Crippen molar-refractivity contribution in [1.29, 1.82) is 0 Å². The molecule has 0 heterocycles. The minimum atomic E-state index is -4.30. The number of aliphatic hydroxyl groups excluding tert-OH is 1. The lowest BCUT2D eigenvalue weighted by Crippen LogP contribution is -2.46. The lowest BCUT2D eigenvalue weighted by molar-refractivity contribution is -0.870.